The summed E-state index contributed by atoms with van der Waals surface area (Å²) in [6.45, 7) is 2.00. The van der Waals surface area contributed by atoms with Crippen LogP contribution in [0.5, 0.6) is 0 Å². The maximum atomic E-state index is 11.3. The van der Waals surface area contributed by atoms with E-state index in [9.17, 15) is 4.79 Å². The van der Waals surface area contributed by atoms with E-state index in [2.05, 4.69) is 25.0 Å². The number of esters is 1. The molecule has 1 N–H and O–H groups in total. The molecular weight excluding hydrogens is 244 g/mol. The fraction of sp³-hybridized carbons (Fsp3) is 0.231. The van der Waals surface area contributed by atoms with E-state index >= 15 is 0 Å². The molecule has 0 saturated heterocycles. The number of hydrogen-bond acceptors (Lipinski definition) is 6. The minimum atomic E-state index is -0.555. The van der Waals surface area contributed by atoms with Gasteiger partial charge in [0.1, 0.15) is 5.82 Å². The fourth-order valence-electron chi connectivity index (χ4n) is 1.59. The van der Waals surface area contributed by atoms with Crippen LogP contribution in [0.15, 0.2) is 36.8 Å². The van der Waals surface area contributed by atoms with Gasteiger partial charge in [-0.05, 0) is 30.7 Å². The number of anilines is 1. The standard InChI is InChI=1S/C13H14N4O2/c1-9(10-3-6-14-7-4-10)16-11-5-8-15-12(17-11)13(18)19-2/h3-9H,1-2H3,(H,15,16,17). The van der Waals surface area contributed by atoms with E-state index < -0.39 is 5.97 Å². The van der Waals surface area contributed by atoms with Gasteiger partial charge in [0, 0.05) is 18.6 Å². The first kappa shape index (κ1) is 12.9. The third-order valence-corrected chi connectivity index (χ3v) is 2.59. The van der Waals surface area contributed by atoms with Crippen molar-refractivity contribution in [3.63, 3.8) is 0 Å². The van der Waals surface area contributed by atoms with Crippen molar-refractivity contribution in [2.75, 3.05) is 12.4 Å². The van der Waals surface area contributed by atoms with Crippen LogP contribution in [0.25, 0.3) is 0 Å². The molecule has 0 spiro atoms. The lowest BCUT2D eigenvalue weighted by atomic mass is 10.1. The van der Waals surface area contributed by atoms with Gasteiger partial charge >= 0.3 is 5.97 Å². The molecule has 0 aliphatic rings. The summed E-state index contributed by atoms with van der Waals surface area (Å²) in [7, 11) is 1.30. The molecule has 1 unspecified atom stereocenters. The number of carbonyl (C=O) groups excluding carboxylic acids is 1. The van der Waals surface area contributed by atoms with Crippen molar-refractivity contribution in [3.8, 4) is 0 Å². The Balaban J connectivity index is 2.13. The first-order chi connectivity index (χ1) is 9.20. The number of ether oxygens (including phenoxy) is 1. The minimum absolute atomic E-state index is 0.0365. The number of nitrogens with zero attached hydrogens (tertiary/aromatic N) is 3. The van der Waals surface area contributed by atoms with Crippen LogP contribution in [-0.4, -0.2) is 28.0 Å². The van der Waals surface area contributed by atoms with Gasteiger partial charge in [0.25, 0.3) is 0 Å². The number of rotatable bonds is 4. The molecule has 0 saturated carbocycles. The van der Waals surface area contributed by atoms with E-state index in [0.29, 0.717) is 5.82 Å². The lowest BCUT2D eigenvalue weighted by molar-refractivity contribution is 0.0587. The minimum Gasteiger partial charge on any atom is -0.463 e. The Hall–Kier alpha value is -2.50. The highest BCUT2D eigenvalue weighted by Crippen LogP contribution is 2.16. The SMILES string of the molecule is COC(=O)c1nccc(NC(C)c2ccncc2)n1. The molecule has 2 aromatic rings. The first-order valence-corrected chi connectivity index (χ1v) is 5.78. The van der Waals surface area contributed by atoms with E-state index in [1.165, 1.54) is 13.3 Å². The summed E-state index contributed by atoms with van der Waals surface area (Å²) in [6.07, 6.45) is 4.97. The molecule has 2 heterocycles. The summed E-state index contributed by atoms with van der Waals surface area (Å²) in [5.41, 5.74) is 1.08. The Bertz CT molecular complexity index is 560. The predicted molar refractivity (Wildman–Crippen MR) is 69.6 cm³/mol. The largest absolute Gasteiger partial charge is 0.463 e. The van der Waals surface area contributed by atoms with Crippen molar-refractivity contribution >= 4 is 11.8 Å². The lowest BCUT2D eigenvalue weighted by Gasteiger charge is -2.14. The monoisotopic (exact) mass is 258 g/mol. The van der Waals surface area contributed by atoms with Gasteiger partial charge in [-0.1, -0.05) is 0 Å². The Labute approximate surface area is 110 Å². The summed E-state index contributed by atoms with van der Waals surface area (Å²) in [6, 6.07) is 5.58. The smallest absolute Gasteiger partial charge is 0.376 e. The van der Waals surface area contributed by atoms with Crippen LogP contribution in [0.1, 0.15) is 29.1 Å². The highest BCUT2D eigenvalue weighted by atomic mass is 16.5. The third-order valence-electron chi connectivity index (χ3n) is 2.59. The number of hydrogen-bond donors (Lipinski definition) is 1. The Morgan fingerprint density at radius 1 is 1.26 bits per heavy atom. The molecule has 0 amide bonds. The number of carbonyl (C=O) groups is 1. The molecule has 1 atom stereocenters. The quantitative estimate of drug-likeness (QED) is 0.843. The second-order valence-corrected chi connectivity index (χ2v) is 3.90. The van der Waals surface area contributed by atoms with E-state index in [1.54, 1.807) is 18.5 Å². The third kappa shape index (κ3) is 3.25. The van der Waals surface area contributed by atoms with Crippen molar-refractivity contribution < 1.29 is 9.53 Å². The molecule has 0 radical (unpaired) electrons. The fourth-order valence-corrected chi connectivity index (χ4v) is 1.59. The Kier molecular flexibility index (Phi) is 4.02. The van der Waals surface area contributed by atoms with Gasteiger partial charge in [0.2, 0.25) is 5.82 Å². The maximum absolute atomic E-state index is 11.3. The highest BCUT2D eigenvalue weighted by molar-refractivity contribution is 5.85. The zero-order valence-electron chi connectivity index (χ0n) is 10.7. The normalized spacial score (nSPS) is 11.7. The molecule has 2 aromatic heterocycles. The van der Waals surface area contributed by atoms with Crippen molar-refractivity contribution in [2.24, 2.45) is 0 Å². The molecule has 6 nitrogen and oxygen atoms in total. The summed E-state index contributed by atoms with van der Waals surface area (Å²) in [4.78, 5) is 23.3. The van der Waals surface area contributed by atoms with Crippen molar-refractivity contribution in [1.82, 2.24) is 15.0 Å². The van der Waals surface area contributed by atoms with Crippen LogP contribution in [0.2, 0.25) is 0 Å². The van der Waals surface area contributed by atoms with Crippen molar-refractivity contribution in [2.45, 2.75) is 13.0 Å². The molecule has 0 aromatic carbocycles. The van der Waals surface area contributed by atoms with Gasteiger partial charge in [-0.15, -0.1) is 0 Å². The molecule has 98 valence electrons. The summed E-state index contributed by atoms with van der Waals surface area (Å²) < 4.78 is 4.58. The number of nitrogens with one attached hydrogen (secondary N) is 1. The molecular formula is C13H14N4O2. The van der Waals surface area contributed by atoms with Crippen LogP contribution in [0.3, 0.4) is 0 Å². The van der Waals surface area contributed by atoms with Gasteiger partial charge in [-0.3, -0.25) is 4.98 Å². The van der Waals surface area contributed by atoms with E-state index in [-0.39, 0.29) is 11.9 Å². The molecule has 0 bridgehead atoms. The van der Waals surface area contributed by atoms with Crippen LogP contribution >= 0.6 is 0 Å². The topological polar surface area (TPSA) is 77.0 Å². The second-order valence-electron chi connectivity index (χ2n) is 3.90. The van der Waals surface area contributed by atoms with Crippen LogP contribution in [0.4, 0.5) is 5.82 Å². The molecule has 0 aliphatic carbocycles. The van der Waals surface area contributed by atoms with Gasteiger partial charge in [-0.25, -0.2) is 14.8 Å². The summed E-state index contributed by atoms with van der Waals surface area (Å²) in [5, 5.41) is 3.19. The second kappa shape index (κ2) is 5.90. The van der Waals surface area contributed by atoms with Gasteiger partial charge in [0.15, 0.2) is 0 Å². The average molecular weight is 258 g/mol. The van der Waals surface area contributed by atoms with Gasteiger partial charge in [0.05, 0.1) is 13.2 Å². The molecule has 0 fully saturated rings. The molecule has 6 heteroatoms. The van der Waals surface area contributed by atoms with Crippen molar-refractivity contribution in [1.29, 1.82) is 0 Å². The number of methoxy groups -OCH3 is 1. The summed E-state index contributed by atoms with van der Waals surface area (Å²) in [5.74, 6) is 0.0503. The van der Waals surface area contributed by atoms with E-state index in [4.69, 9.17) is 0 Å². The van der Waals surface area contributed by atoms with Gasteiger partial charge in [-0.2, -0.15) is 0 Å². The van der Waals surface area contributed by atoms with Crippen LogP contribution in [-0.2, 0) is 4.74 Å². The van der Waals surface area contributed by atoms with Crippen molar-refractivity contribution in [3.05, 3.63) is 48.2 Å². The molecule has 0 aliphatic heterocycles. The van der Waals surface area contributed by atoms with E-state index in [1.807, 2.05) is 19.1 Å². The Morgan fingerprint density at radius 3 is 2.68 bits per heavy atom. The first-order valence-electron chi connectivity index (χ1n) is 5.78. The number of pyridine rings is 1. The zero-order chi connectivity index (χ0) is 13.7. The van der Waals surface area contributed by atoms with Gasteiger partial charge < -0.3 is 10.1 Å². The lowest BCUT2D eigenvalue weighted by Crippen LogP contribution is -2.12. The maximum Gasteiger partial charge on any atom is 0.376 e. The highest BCUT2D eigenvalue weighted by Gasteiger charge is 2.11. The average Bonchev–Trinajstić information content (AvgIpc) is 2.47. The molecule has 19 heavy (non-hydrogen) atoms. The summed E-state index contributed by atoms with van der Waals surface area (Å²) >= 11 is 0. The zero-order valence-corrected chi connectivity index (χ0v) is 10.7. The predicted octanol–water partition coefficient (Wildman–Crippen LogP) is 1.83. The van der Waals surface area contributed by atoms with E-state index in [0.717, 1.165) is 5.56 Å². The molecule has 2 rings (SSSR count). The number of aromatic nitrogens is 3. The van der Waals surface area contributed by atoms with Crippen LogP contribution in [0, 0.1) is 0 Å². The van der Waals surface area contributed by atoms with Crippen LogP contribution < -0.4 is 5.32 Å². The Morgan fingerprint density at radius 2 is 2.00 bits per heavy atom.